The highest BCUT2D eigenvalue weighted by atomic mass is 16.6. The molecule has 3 aromatic rings. The number of aliphatic imine (C=N–C) groups is 1. The van der Waals surface area contributed by atoms with Gasteiger partial charge in [-0.05, 0) is 23.8 Å². The van der Waals surface area contributed by atoms with Gasteiger partial charge in [0.25, 0.3) is 5.69 Å². The number of nitro groups is 1. The van der Waals surface area contributed by atoms with Gasteiger partial charge in [0, 0.05) is 41.0 Å². The van der Waals surface area contributed by atoms with E-state index in [0.29, 0.717) is 5.56 Å². The van der Waals surface area contributed by atoms with Crippen LogP contribution in [0.25, 0.3) is 10.9 Å². The average Bonchev–Trinajstić information content (AvgIpc) is 3.05. The number of para-hydroxylation sites is 1. The zero-order valence-corrected chi connectivity index (χ0v) is 13.2. The molecule has 0 aliphatic carbocycles. The topological polar surface area (TPSA) is 112 Å². The van der Waals surface area contributed by atoms with Crippen LogP contribution in [0.3, 0.4) is 0 Å². The van der Waals surface area contributed by atoms with Crippen molar-refractivity contribution in [1.82, 2.24) is 4.98 Å². The van der Waals surface area contributed by atoms with E-state index < -0.39 is 17.1 Å². The van der Waals surface area contributed by atoms with Crippen LogP contribution >= 0.6 is 0 Å². The first-order valence-electron chi connectivity index (χ1n) is 7.72. The second-order valence-corrected chi connectivity index (χ2v) is 5.61. The highest BCUT2D eigenvalue weighted by Crippen LogP contribution is 2.22. The fourth-order valence-corrected chi connectivity index (χ4v) is 2.62. The van der Waals surface area contributed by atoms with E-state index in [1.807, 2.05) is 24.3 Å². The molecule has 0 amide bonds. The van der Waals surface area contributed by atoms with Gasteiger partial charge in [0.15, 0.2) is 0 Å². The molecular formula is C18H17N3O4. The van der Waals surface area contributed by atoms with Gasteiger partial charge in [-0.2, -0.15) is 0 Å². The van der Waals surface area contributed by atoms with E-state index >= 15 is 0 Å². The van der Waals surface area contributed by atoms with Crippen molar-refractivity contribution in [2.24, 2.45) is 4.99 Å². The van der Waals surface area contributed by atoms with E-state index in [-0.39, 0.29) is 12.3 Å². The predicted octanol–water partition coefficient (Wildman–Crippen LogP) is 2.59. The number of benzene rings is 2. The summed E-state index contributed by atoms with van der Waals surface area (Å²) in [6.45, 7) is -0.350. The maximum absolute atomic E-state index is 10.7. The van der Waals surface area contributed by atoms with E-state index in [4.69, 9.17) is 0 Å². The molecule has 3 N–H and O–H groups in total. The highest BCUT2D eigenvalue weighted by Gasteiger charge is 2.20. The van der Waals surface area contributed by atoms with Gasteiger partial charge in [-0.15, -0.1) is 0 Å². The van der Waals surface area contributed by atoms with Gasteiger partial charge in [0.05, 0.1) is 11.5 Å². The van der Waals surface area contributed by atoms with Crippen molar-refractivity contribution in [3.63, 3.8) is 0 Å². The number of aliphatic hydroxyl groups excluding tert-OH is 2. The van der Waals surface area contributed by atoms with E-state index in [1.165, 1.54) is 24.3 Å². The van der Waals surface area contributed by atoms with Crippen LogP contribution in [0.2, 0.25) is 0 Å². The molecule has 0 bridgehead atoms. The predicted molar refractivity (Wildman–Crippen MR) is 94.8 cm³/mol. The summed E-state index contributed by atoms with van der Waals surface area (Å²) in [5.41, 5.74) is 2.23. The molecule has 7 nitrogen and oxygen atoms in total. The third-order valence-corrected chi connectivity index (χ3v) is 4.02. The molecule has 2 atom stereocenters. The minimum atomic E-state index is -1.06. The summed E-state index contributed by atoms with van der Waals surface area (Å²) in [4.78, 5) is 17.6. The van der Waals surface area contributed by atoms with Crippen molar-refractivity contribution in [2.75, 3.05) is 6.61 Å². The second kappa shape index (κ2) is 7.25. The van der Waals surface area contributed by atoms with Gasteiger partial charge in [0.2, 0.25) is 0 Å². The lowest BCUT2D eigenvalue weighted by molar-refractivity contribution is -0.384. The molecule has 0 fully saturated rings. The Labute approximate surface area is 143 Å². The molecule has 1 aromatic heterocycles. The first-order valence-corrected chi connectivity index (χ1v) is 7.72. The molecule has 0 aliphatic rings. The van der Waals surface area contributed by atoms with Gasteiger partial charge < -0.3 is 15.2 Å². The number of aliphatic hydroxyl groups is 2. The third-order valence-electron chi connectivity index (χ3n) is 4.02. The maximum atomic E-state index is 10.7. The smallest absolute Gasteiger partial charge is 0.269 e. The van der Waals surface area contributed by atoms with Crippen LogP contribution in [0.5, 0.6) is 0 Å². The molecule has 25 heavy (non-hydrogen) atoms. The summed E-state index contributed by atoms with van der Waals surface area (Å²) in [7, 11) is 0. The summed E-state index contributed by atoms with van der Waals surface area (Å²) >= 11 is 0. The van der Waals surface area contributed by atoms with E-state index in [9.17, 15) is 20.3 Å². The Morgan fingerprint density at radius 1 is 1.20 bits per heavy atom. The number of H-pyrrole nitrogens is 1. The zero-order valence-electron chi connectivity index (χ0n) is 13.2. The monoisotopic (exact) mass is 339 g/mol. The summed E-state index contributed by atoms with van der Waals surface area (Å²) in [5, 5.41) is 31.6. The van der Waals surface area contributed by atoms with Crippen LogP contribution in [0.1, 0.15) is 17.2 Å². The Balaban J connectivity index is 1.80. The molecule has 0 saturated heterocycles. The quantitative estimate of drug-likeness (QED) is 0.364. The summed E-state index contributed by atoms with van der Waals surface area (Å²) in [6, 6.07) is 12.5. The van der Waals surface area contributed by atoms with Crippen LogP contribution in [0.15, 0.2) is 59.7 Å². The number of hydrogen-bond acceptors (Lipinski definition) is 5. The summed E-state index contributed by atoms with van der Waals surface area (Å²) in [5.74, 6) is 0. The lowest BCUT2D eigenvalue weighted by atomic mass is 10.0. The van der Waals surface area contributed by atoms with Crippen molar-refractivity contribution >= 4 is 22.8 Å². The fraction of sp³-hybridized carbons (Fsp3) is 0.167. The van der Waals surface area contributed by atoms with Crippen LogP contribution < -0.4 is 0 Å². The largest absolute Gasteiger partial charge is 0.394 e. The maximum Gasteiger partial charge on any atom is 0.269 e. The van der Waals surface area contributed by atoms with Crippen molar-refractivity contribution in [2.45, 2.75) is 12.1 Å². The van der Waals surface area contributed by atoms with Crippen LogP contribution in [-0.2, 0) is 0 Å². The molecule has 7 heteroatoms. The van der Waals surface area contributed by atoms with Gasteiger partial charge in [-0.1, -0.05) is 18.2 Å². The fourth-order valence-electron chi connectivity index (χ4n) is 2.62. The van der Waals surface area contributed by atoms with Crippen LogP contribution in [0.4, 0.5) is 5.69 Å². The first-order chi connectivity index (χ1) is 12.1. The number of hydrogen-bond donors (Lipinski definition) is 3. The standard InChI is InChI=1S/C18H17N3O4/c22-11-17(18(23)12-5-7-14(8-6-12)21(24)25)20-10-13-9-19-16-4-2-1-3-15(13)16/h1-10,17-19,22-23H,11H2. The molecule has 0 spiro atoms. The molecular weight excluding hydrogens is 322 g/mol. The molecule has 0 radical (unpaired) electrons. The average molecular weight is 339 g/mol. The van der Waals surface area contributed by atoms with Gasteiger partial charge >= 0.3 is 0 Å². The van der Waals surface area contributed by atoms with E-state index in [2.05, 4.69) is 9.98 Å². The Morgan fingerprint density at radius 3 is 2.60 bits per heavy atom. The number of fused-ring (bicyclic) bond motifs is 1. The van der Waals surface area contributed by atoms with Crippen LogP contribution in [-0.4, -0.2) is 39.0 Å². The van der Waals surface area contributed by atoms with Gasteiger partial charge in [-0.25, -0.2) is 0 Å². The van der Waals surface area contributed by atoms with Crippen molar-refractivity contribution in [3.05, 3.63) is 76.0 Å². The van der Waals surface area contributed by atoms with E-state index in [1.54, 1.807) is 12.4 Å². The SMILES string of the molecule is O=[N+]([O-])c1ccc(C(O)C(CO)N=Cc2c[nH]c3ccccc23)cc1. The molecule has 3 rings (SSSR count). The van der Waals surface area contributed by atoms with Crippen molar-refractivity contribution in [3.8, 4) is 0 Å². The third kappa shape index (κ3) is 3.57. The molecule has 2 unspecified atom stereocenters. The molecule has 1 heterocycles. The highest BCUT2D eigenvalue weighted by molar-refractivity contribution is 5.99. The molecule has 0 saturated carbocycles. The Kier molecular flexibility index (Phi) is 4.87. The Morgan fingerprint density at radius 2 is 1.92 bits per heavy atom. The second-order valence-electron chi connectivity index (χ2n) is 5.61. The molecule has 128 valence electrons. The number of nitrogens with zero attached hydrogens (tertiary/aromatic N) is 2. The molecule has 2 aromatic carbocycles. The zero-order chi connectivity index (χ0) is 17.8. The van der Waals surface area contributed by atoms with Gasteiger partial charge in [0.1, 0.15) is 12.1 Å². The number of non-ortho nitro benzene ring substituents is 1. The molecule has 0 aliphatic heterocycles. The minimum absolute atomic E-state index is 0.0567. The Bertz CT molecular complexity index is 902. The number of nitrogens with one attached hydrogen (secondary N) is 1. The van der Waals surface area contributed by atoms with E-state index in [0.717, 1.165) is 16.5 Å². The number of nitro benzene ring substituents is 1. The normalized spacial score (nSPS) is 14.0. The summed E-state index contributed by atoms with van der Waals surface area (Å²) in [6.07, 6.45) is 2.35. The minimum Gasteiger partial charge on any atom is -0.394 e. The Hall–Kier alpha value is -3.03. The lowest BCUT2D eigenvalue weighted by Crippen LogP contribution is -2.21. The van der Waals surface area contributed by atoms with Crippen LogP contribution in [0, 0.1) is 10.1 Å². The number of aromatic amines is 1. The number of aromatic nitrogens is 1. The number of rotatable bonds is 6. The van der Waals surface area contributed by atoms with Gasteiger partial charge in [-0.3, -0.25) is 15.1 Å². The summed E-state index contributed by atoms with van der Waals surface area (Å²) < 4.78 is 0. The van der Waals surface area contributed by atoms with Crippen molar-refractivity contribution < 1.29 is 15.1 Å². The van der Waals surface area contributed by atoms with Crippen molar-refractivity contribution in [1.29, 1.82) is 0 Å². The first kappa shape index (κ1) is 16.8. The lowest BCUT2D eigenvalue weighted by Gasteiger charge is -2.17.